The Kier molecular flexibility index (Phi) is 6.21. The van der Waals surface area contributed by atoms with Crippen LogP contribution in [0, 0.1) is 0 Å². The lowest BCUT2D eigenvalue weighted by Crippen LogP contribution is -2.44. The summed E-state index contributed by atoms with van der Waals surface area (Å²) in [6, 6.07) is -0.776. The molecule has 0 atom stereocenters. The van der Waals surface area contributed by atoms with Crippen LogP contribution in [0.15, 0.2) is 12.7 Å². The van der Waals surface area contributed by atoms with Gasteiger partial charge < -0.3 is 14.9 Å². The van der Waals surface area contributed by atoms with Gasteiger partial charge in [0.2, 0.25) is 0 Å². The van der Waals surface area contributed by atoms with Crippen molar-refractivity contribution in [1.82, 2.24) is 9.80 Å². The summed E-state index contributed by atoms with van der Waals surface area (Å²) in [7, 11) is 1.19. The zero-order valence-corrected chi connectivity index (χ0v) is 9.90. The summed E-state index contributed by atoms with van der Waals surface area (Å²) < 4.78 is 35.9. The Morgan fingerprint density at radius 2 is 1.94 bits per heavy atom. The number of aliphatic carboxylic acids is 1. The molecule has 0 aliphatic heterocycles. The number of halogens is 3. The Morgan fingerprint density at radius 1 is 1.39 bits per heavy atom. The first-order valence-electron chi connectivity index (χ1n) is 5.07. The molecule has 0 rings (SSSR count). The van der Waals surface area contributed by atoms with Crippen molar-refractivity contribution in [3.05, 3.63) is 12.7 Å². The molecular formula is C10H15F3N2O3. The minimum atomic E-state index is -4.36. The lowest BCUT2D eigenvalue weighted by molar-refractivity contribution is -0.139. The lowest BCUT2D eigenvalue weighted by Gasteiger charge is -2.26. The first kappa shape index (κ1) is 16.3. The van der Waals surface area contributed by atoms with E-state index in [2.05, 4.69) is 6.58 Å². The minimum absolute atomic E-state index is 0.0402. The molecule has 0 radical (unpaired) electrons. The van der Waals surface area contributed by atoms with Gasteiger partial charge >= 0.3 is 18.2 Å². The Morgan fingerprint density at radius 3 is 2.33 bits per heavy atom. The fourth-order valence-corrected chi connectivity index (χ4v) is 1.16. The Bertz CT molecular complexity index is 318. The van der Waals surface area contributed by atoms with Gasteiger partial charge in [0.1, 0.15) is 6.54 Å². The predicted molar refractivity (Wildman–Crippen MR) is 58.1 cm³/mol. The SMILES string of the molecule is C=CCN(CC(=O)O)C(=O)N(C)CCC(F)(F)F. The molecule has 5 nitrogen and oxygen atoms in total. The van der Waals surface area contributed by atoms with Crippen LogP contribution in [0.1, 0.15) is 6.42 Å². The molecule has 0 bridgehead atoms. The fourth-order valence-electron chi connectivity index (χ4n) is 1.16. The number of carbonyl (C=O) groups is 2. The average Bonchev–Trinajstić information content (AvgIpc) is 2.22. The molecule has 0 spiro atoms. The number of hydrogen-bond donors (Lipinski definition) is 1. The van der Waals surface area contributed by atoms with Crippen LogP contribution in [-0.2, 0) is 4.79 Å². The number of hydrogen-bond acceptors (Lipinski definition) is 2. The maximum atomic E-state index is 12.0. The van der Waals surface area contributed by atoms with Crippen molar-refractivity contribution in [2.75, 3.05) is 26.7 Å². The van der Waals surface area contributed by atoms with Gasteiger partial charge in [-0.1, -0.05) is 6.08 Å². The van der Waals surface area contributed by atoms with Gasteiger partial charge in [-0.25, -0.2) is 4.79 Å². The zero-order chi connectivity index (χ0) is 14.3. The fraction of sp³-hybridized carbons (Fsp3) is 0.600. The molecule has 0 aromatic heterocycles. The molecule has 0 aromatic carbocycles. The molecule has 1 N–H and O–H groups in total. The summed E-state index contributed by atoms with van der Waals surface area (Å²) in [6.07, 6.45) is -4.19. The van der Waals surface area contributed by atoms with Gasteiger partial charge in [0, 0.05) is 20.1 Å². The van der Waals surface area contributed by atoms with E-state index in [0.717, 1.165) is 9.80 Å². The zero-order valence-electron chi connectivity index (χ0n) is 9.90. The molecule has 8 heteroatoms. The Balaban J connectivity index is 4.46. The first-order valence-corrected chi connectivity index (χ1v) is 5.07. The second-order valence-corrected chi connectivity index (χ2v) is 3.63. The predicted octanol–water partition coefficient (Wildman–Crippen LogP) is 1.56. The minimum Gasteiger partial charge on any atom is -0.480 e. The van der Waals surface area contributed by atoms with Crippen molar-refractivity contribution in [2.24, 2.45) is 0 Å². The van der Waals surface area contributed by atoms with Gasteiger partial charge in [0.25, 0.3) is 0 Å². The van der Waals surface area contributed by atoms with Crippen molar-refractivity contribution in [3.8, 4) is 0 Å². The highest BCUT2D eigenvalue weighted by Crippen LogP contribution is 2.19. The van der Waals surface area contributed by atoms with Crippen molar-refractivity contribution >= 4 is 12.0 Å². The standard InChI is InChI=1S/C10H15F3N2O3/c1-3-5-15(7-8(16)17)9(18)14(2)6-4-10(11,12)13/h3H,1,4-7H2,2H3,(H,16,17). The molecule has 0 saturated heterocycles. The second-order valence-electron chi connectivity index (χ2n) is 3.63. The van der Waals surface area contributed by atoms with E-state index < -0.39 is 37.7 Å². The smallest absolute Gasteiger partial charge is 0.390 e. The molecule has 0 aliphatic rings. The van der Waals surface area contributed by atoms with Crippen molar-refractivity contribution in [1.29, 1.82) is 0 Å². The quantitative estimate of drug-likeness (QED) is 0.744. The van der Waals surface area contributed by atoms with Crippen LogP contribution in [0.3, 0.4) is 0 Å². The van der Waals surface area contributed by atoms with Crippen LogP contribution in [0.2, 0.25) is 0 Å². The third-order valence-corrected chi connectivity index (χ3v) is 2.00. The van der Waals surface area contributed by atoms with Crippen LogP contribution >= 0.6 is 0 Å². The van der Waals surface area contributed by atoms with Gasteiger partial charge in [-0.05, 0) is 0 Å². The lowest BCUT2D eigenvalue weighted by atomic mass is 10.4. The monoisotopic (exact) mass is 268 g/mol. The largest absolute Gasteiger partial charge is 0.480 e. The number of carbonyl (C=O) groups excluding carboxylic acids is 1. The van der Waals surface area contributed by atoms with E-state index in [9.17, 15) is 22.8 Å². The maximum absolute atomic E-state index is 12.0. The second kappa shape index (κ2) is 6.87. The molecule has 18 heavy (non-hydrogen) atoms. The average molecular weight is 268 g/mol. The summed E-state index contributed by atoms with van der Waals surface area (Å²) in [4.78, 5) is 23.9. The van der Waals surface area contributed by atoms with Gasteiger partial charge in [-0.3, -0.25) is 4.79 Å². The summed E-state index contributed by atoms with van der Waals surface area (Å²) in [5.41, 5.74) is 0. The van der Waals surface area contributed by atoms with Crippen LogP contribution in [0.5, 0.6) is 0 Å². The van der Waals surface area contributed by atoms with Crippen molar-refractivity contribution < 1.29 is 27.9 Å². The molecule has 0 fully saturated rings. The molecular weight excluding hydrogens is 253 g/mol. The van der Waals surface area contributed by atoms with Crippen LogP contribution in [-0.4, -0.2) is 59.8 Å². The molecule has 104 valence electrons. The number of alkyl halides is 3. The highest BCUT2D eigenvalue weighted by Gasteiger charge is 2.29. The highest BCUT2D eigenvalue weighted by atomic mass is 19.4. The molecule has 0 aromatic rings. The number of nitrogens with zero attached hydrogens (tertiary/aromatic N) is 2. The number of carboxylic acid groups (broad SMARTS) is 1. The van der Waals surface area contributed by atoms with E-state index in [1.54, 1.807) is 0 Å². The Labute approximate surface area is 102 Å². The summed E-state index contributed by atoms with van der Waals surface area (Å²) in [6.45, 7) is 2.21. The maximum Gasteiger partial charge on any atom is 0.390 e. The number of urea groups is 1. The molecule has 0 unspecified atom stereocenters. The third-order valence-electron chi connectivity index (χ3n) is 2.00. The van der Waals surface area contributed by atoms with Crippen LogP contribution in [0.4, 0.5) is 18.0 Å². The summed E-state index contributed by atoms with van der Waals surface area (Å²) in [5.74, 6) is -1.24. The number of amides is 2. The van der Waals surface area contributed by atoms with Gasteiger partial charge in [-0.2, -0.15) is 13.2 Å². The van der Waals surface area contributed by atoms with Crippen molar-refractivity contribution in [3.63, 3.8) is 0 Å². The van der Waals surface area contributed by atoms with E-state index in [4.69, 9.17) is 5.11 Å². The molecule has 0 saturated carbocycles. The molecule has 2 amide bonds. The van der Waals surface area contributed by atoms with E-state index in [1.165, 1.54) is 13.1 Å². The van der Waals surface area contributed by atoms with Gasteiger partial charge in [-0.15, -0.1) is 6.58 Å². The molecule has 0 heterocycles. The Hall–Kier alpha value is -1.73. The third kappa shape index (κ3) is 6.77. The number of rotatable bonds is 6. The van der Waals surface area contributed by atoms with Gasteiger partial charge in [0.05, 0.1) is 6.42 Å². The van der Waals surface area contributed by atoms with Gasteiger partial charge in [0.15, 0.2) is 0 Å². The summed E-state index contributed by atoms with van der Waals surface area (Å²) >= 11 is 0. The van der Waals surface area contributed by atoms with E-state index >= 15 is 0 Å². The van der Waals surface area contributed by atoms with Crippen LogP contribution in [0.25, 0.3) is 0 Å². The van der Waals surface area contributed by atoms with E-state index in [0.29, 0.717) is 0 Å². The van der Waals surface area contributed by atoms with E-state index in [1.807, 2.05) is 0 Å². The topological polar surface area (TPSA) is 60.9 Å². The van der Waals surface area contributed by atoms with Crippen molar-refractivity contribution in [2.45, 2.75) is 12.6 Å². The summed E-state index contributed by atoms with van der Waals surface area (Å²) in [5, 5.41) is 8.57. The van der Waals surface area contributed by atoms with E-state index in [-0.39, 0.29) is 6.54 Å². The number of carboxylic acids is 1. The highest BCUT2D eigenvalue weighted by molar-refractivity contribution is 5.80. The molecule has 0 aliphatic carbocycles. The normalized spacial score (nSPS) is 10.9. The van der Waals surface area contributed by atoms with Crippen LogP contribution < -0.4 is 0 Å². The first-order chi connectivity index (χ1) is 8.17.